The van der Waals surface area contributed by atoms with Gasteiger partial charge in [-0.05, 0) is 41.1 Å². The summed E-state index contributed by atoms with van der Waals surface area (Å²) in [4.78, 5) is 12.9. The first-order chi connectivity index (χ1) is 14.9. The maximum absolute atomic E-state index is 13.0. The molecule has 0 aliphatic carbocycles. The number of hydrogen-bond acceptors (Lipinski definition) is 5. The normalized spacial score (nSPS) is 15.0. The minimum absolute atomic E-state index is 0.0562. The summed E-state index contributed by atoms with van der Waals surface area (Å²) in [5.41, 5.74) is 0.658. The van der Waals surface area contributed by atoms with E-state index in [-0.39, 0.29) is 23.0 Å². The number of anilines is 1. The number of carbonyl (C=O) groups excluding carboxylic acids is 1. The molecule has 0 aromatic heterocycles. The maximum atomic E-state index is 13.0. The van der Waals surface area contributed by atoms with Crippen LogP contribution in [-0.4, -0.2) is 52.0 Å². The second-order valence-corrected chi connectivity index (χ2v) is 9.33. The Labute approximate surface area is 185 Å². The van der Waals surface area contributed by atoms with Crippen LogP contribution in [0.1, 0.15) is 10.4 Å². The first kappa shape index (κ1) is 21.6. The van der Waals surface area contributed by atoms with Crippen LogP contribution in [0.25, 0.3) is 10.8 Å². The van der Waals surface area contributed by atoms with Crippen LogP contribution in [-0.2, 0) is 14.8 Å². The lowest BCUT2D eigenvalue weighted by atomic mass is 10.1. The van der Waals surface area contributed by atoms with Crippen LogP contribution in [0.2, 0.25) is 5.02 Å². The second-order valence-electron chi connectivity index (χ2n) is 7.02. The number of ether oxygens (including phenoxy) is 2. The number of halogens is 1. The summed E-state index contributed by atoms with van der Waals surface area (Å²) in [6, 6.07) is 15.6. The molecule has 7 nitrogen and oxygen atoms in total. The lowest BCUT2D eigenvalue weighted by Gasteiger charge is -2.26. The van der Waals surface area contributed by atoms with Gasteiger partial charge in [0.25, 0.3) is 5.91 Å². The van der Waals surface area contributed by atoms with Gasteiger partial charge in [-0.15, -0.1) is 0 Å². The van der Waals surface area contributed by atoms with Crippen LogP contribution < -0.4 is 10.1 Å². The highest BCUT2D eigenvalue weighted by molar-refractivity contribution is 7.89. The molecule has 0 spiro atoms. The molecule has 162 valence electrons. The fourth-order valence-electron chi connectivity index (χ4n) is 3.47. The Morgan fingerprint density at radius 1 is 1.06 bits per heavy atom. The Bertz CT molecular complexity index is 1240. The smallest absolute Gasteiger partial charge is 0.259 e. The number of fused-ring (bicyclic) bond motifs is 1. The van der Waals surface area contributed by atoms with Crippen molar-refractivity contribution in [3.63, 3.8) is 0 Å². The zero-order valence-electron chi connectivity index (χ0n) is 16.8. The topological polar surface area (TPSA) is 84.9 Å². The van der Waals surface area contributed by atoms with E-state index in [1.807, 2.05) is 24.3 Å². The quantitative estimate of drug-likeness (QED) is 0.626. The Kier molecular flexibility index (Phi) is 6.15. The molecule has 0 bridgehead atoms. The van der Waals surface area contributed by atoms with Crippen molar-refractivity contribution in [1.82, 2.24) is 4.31 Å². The summed E-state index contributed by atoms with van der Waals surface area (Å²) in [6.07, 6.45) is 0. The molecule has 1 saturated heterocycles. The minimum Gasteiger partial charge on any atom is -0.496 e. The van der Waals surface area contributed by atoms with Gasteiger partial charge in [0.05, 0.1) is 30.9 Å². The van der Waals surface area contributed by atoms with Crippen molar-refractivity contribution < 1.29 is 22.7 Å². The average Bonchev–Trinajstić information content (AvgIpc) is 2.79. The highest BCUT2D eigenvalue weighted by Crippen LogP contribution is 2.30. The van der Waals surface area contributed by atoms with Crippen molar-refractivity contribution in [1.29, 1.82) is 0 Å². The summed E-state index contributed by atoms with van der Waals surface area (Å²) < 4.78 is 38.0. The van der Waals surface area contributed by atoms with Gasteiger partial charge in [-0.1, -0.05) is 35.9 Å². The third-order valence-corrected chi connectivity index (χ3v) is 7.47. The highest BCUT2D eigenvalue weighted by atomic mass is 35.5. The number of amides is 1. The van der Waals surface area contributed by atoms with Crippen LogP contribution in [0.5, 0.6) is 5.75 Å². The van der Waals surface area contributed by atoms with Crippen LogP contribution in [0, 0.1) is 0 Å². The molecule has 3 aromatic carbocycles. The lowest BCUT2D eigenvalue weighted by molar-refractivity contribution is 0.0730. The number of sulfonamides is 1. The molecule has 31 heavy (non-hydrogen) atoms. The highest BCUT2D eigenvalue weighted by Gasteiger charge is 2.29. The van der Waals surface area contributed by atoms with Crippen LogP contribution in [0.4, 0.5) is 5.69 Å². The van der Waals surface area contributed by atoms with Gasteiger partial charge in [-0.2, -0.15) is 4.31 Å². The second kappa shape index (κ2) is 8.84. The largest absolute Gasteiger partial charge is 0.496 e. The van der Waals surface area contributed by atoms with Gasteiger partial charge in [-0.3, -0.25) is 4.79 Å². The number of hydrogen-bond donors (Lipinski definition) is 1. The van der Waals surface area contributed by atoms with Gasteiger partial charge in [0, 0.05) is 18.8 Å². The lowest BCUT2D eigenvalue weighted by Crippen LogP contribution is -2.40. The van der Waals surface area contributed by atoms with E-state index in [4.69, 9.17) is 21.1 Å². The summed E-state index contributed by atoms with van der Waals surface area (Å²) in [5, 5.41) is 4.68. The Hall–Kier alpha value is -2.65. The summed E-state index contributed by atoms with van der Waals surface area (Å²) in [7, 11) is -2.32. The molecule has 1 heterocycles. The van der Waals surface area contributed by atoms with E-state index in [0.717, 1.165) is 10.8 Å². The first-order valence-electron chi connectivity index (χ1n) is 9.66. The third-order valence-electron chi connectivity index (χ3n) is 5.09. The molecule has 4 rings (SSSR count). The van der Waals surface area contributed by atoms with Gasteiger partial charge in [0.2, 0.25) is 10.0 Å². The Balaban J connectivity index is 1.65. The van der Waals surface area contributed by atoms with Gasteiger partial charge < -0.3 is 14.8 Å². The molecule has 1 aliphatic rings. The number of benzene rings is 3. The van der Waals surface area contributed by atoms with Gasteiger partial charge >= 0.3 is 0 Å². The van der Waals surface area contributed by atoms with Crippen molar-refractivity contribution in [2.24, 2.45) is 0 Å². The Morgan fingerprint density at radius 2 is 1.74 bits per heavy atom. The zero-order valence-corrected chi connectivity index (χ0v) is 18.4. The van der Waals surface area contributed by atoms with E-state index in [1.165, 1.54) is 23.5 Å². The van der Waals surface area contributed by atoms with Crippen molar-refractivity contribution >= 4 is 44.0 Å². The number of morpholine rings is 1. The fourth-order valence-corrected chi connectivity index (χ4v) is 5.38. The standard InChI is InChI=1S/C22H21ClN2O5S/c1-29-20-13-16-5-3-2-4-15(16)12-18(20)22(26)24-17-6-7-19(23)21(14-17)31(27,28)25-8-10-30-11-9-25/h2-7,12-14H,8-11H2,1H3,(H,24,26). The van der Waals surface area contributed by atoms with E-state index in [2.05, 4.69) is 5.32 Å². The number of rotatable bonds is 5. The molecule has 0 atom stereocenters. The fraction of sp³-hybridized carbons (Fsp3) is 0.227. The molecular weight excluding hydrogens is 440 g/mol. The van der Waals surface area contributed by atoms with Crippen molar-refractivity contribution in [2.45, 2.75) is 4.90 Å². The summed E-state index contributed by atoms with van der Waals surface area (Å²) >= 11 is 6.20. The zero-order chi connectivity index (χ0) is 22.0. The molecule has 0 radical (unpaired) electrons. The SMILES string of the molecule is COc1cc2ccccc2cc1C(=O)Nc1ccc(Cl)c(S(=O)(=O)N2CCOCC2)c1. The Morgan fingerprint density at radius 3 is 2.42 bits per heavy atom. The molecule has 0 saturated carbocycles. The van der Waals surface area contributed by atoms with E-state index >= 15 is 0 Å². The summed E-state index contributed by atoms with van der Waals surface area (Å²) in [6.45, 7) is 1.16. The van der Waals surface area contributed by atoms with E-state index < -0.39 is 15.9 Å². The van der Waals surface area contributed by atoms with Gasteiger partial charge in [0.15, 0.2) is 0 Å². The number of nitrogens with zero attached hydrogens (tertiary/aromatic N) is 1. The molecule has 1 amide bonds. The van der Waals surface area contributed by atoms with Crippen molar-refractivity contribution in [3.05, 3.63) is 65.2 Å². The molecule has 9 heteroatoms. The van der Waals surface area contributed by atoms with E-state index in [0.29, 0.717) is 30.2 Å². The van der Waals surface area contributed by atoms with Crippen LogP contribution >= 0.6 is 11.6 Å². The predicted molar refractivity (Wildman–Crippen MR) is 119 cm³/mol. The molecular formula is C22H21ClN2O5S. The average molecular weight is 461 g/mol. The predicted octanol–water partition coefficient (Wildman–Crippen LogP) is 3.78. The molecule has 1 aliphatic heterocycles. The number of nitrogens with one attached hydrogen (secondary N) is 1. The molecule has 3 aromatic rings. The molecule has 1 fully saturated rings. The maximum Gasteiger partial charge on any atom is 0.259 e. The number of carbonyl (C=O) groups is 1. The minimum atomic E-state index is -3.81. The van der Waals surface area contributed by atoms with Gasteiger partial charge in [-0.25, -0.2) is 8.42 Å². The van der Waals surface area contributed by atoms with Crippen molar-refractivity contribution in [2.75, 3.05) is 38.7 Å². The third kappa shape index (κ3) is 4.38. The van der Waals surface area contributed by atoms with Crippen molar-refractivity contribution in [3.8, 4) is 5.75 Å². The van der Waals surface area contributed by atoms with Crippen LogP contribution in [0.15, 0.2) is 59.5 Å². The van der Waals surface area contributed by atoms with E-state index in [9.17, 15) is 13.2 Å². The summed E-state index contributed by atoms with van der Waals surface area (Å²) in [5.74, 6) is 0.00553. The monoisotopic (exact) mass is 460 g/mol. The van der Waals surface area contributed by atoms with Gasteiger partial charge in [0.1, 0.15) is 10.6 Å². The van der Waals surface area contributed by atoms with E-state index in [1.54, 1.807) is 18.2 Å². The number of methoxy groups -OCH3 is 1. The molecule has 0 unspecified atom stereocenters. The first-order valence-corrected chi connectivity index (χ1v) is 11.5. The van der Waals surface area contributed by atoms with Crippen LogP contribution in [0.3, 0.4) is 0 Å². The molecule has 1 N–H and O–H groups in total.